The average molecular weight is 280 g/mol. The van der Waals surface area contributed by atoms with Gasteiger partial charge in [-0.15, -0.1) is 0 Å². The fourth-order valence-corrected chi connectivity index (χ4v) is 2.15. The molecule has 0 aliphatic heterocycles. The van der Waals surface area contributed by atoms with E-state index in [0.29, 0.717) is 16.6 Å². The summed E-state index contributed by atoms with van der Waals surface area (Å²) in [6, 6.07) is 5.48. The zero-order chi connectivity index (χ0) is 14.2. The van der Waals surface area contributed by atoms with Gasteiger partial charge in [-0.1, -0.05) is 25.4 Å². The quantitative estimate of drug-likeness (QED) is 0.928. The highest BCUT2D eigenvalue weighted by Gasteiger charge is 2.18. The van der Waals surface area contributed by atoms with Crippen molar-refractivity contribution < 1.29 is 4.74 Å². The van der Waals surface area contributed by atoms with E-state index in [-0.39, 0.29) is 5.92 Å². The molecule has 0 aliphatic rings. The molecular weight excluding hydrogens is 262 g/mol. The first-order chi connectivity index (χ1) is 8.90. The minimum absolute atomic E-state index is 0.259. The molecule has 0 amide bonds. The summed E-state index contributed by atoms with van der Waals surface area (Å²) in [5.41, 5.74) is 8.50. The van der Waals surface area contributed by atoms with Crippen LogP contribution in [0.15, 0.2) is 18.2 Å². The van der Waals surface area contributed by atoms with E-state index < -0.39 is 0 Å². The summed E-state index contributed by atoms with van der Waals surface area (Å²) in [5.74, 6) is 1.55. The van der Waals surface area contributed by atoms with E-state index >= 15 is 0 Å². The van der Waals surface area contributed by atoms with Crippen molar-refractivity contribution in [3.05, 3.63) is 34.5 Å². The van der Waals surface area contributed by atoms with Gasteiger partial charge in [0.1, 0.15) is 11.4 Å². The predicted octanol–water partition coefficient (Wildman–Crippen LogP) is 3.88. The summed E-state index contributed by atoms with van der Waals surface area (Å²) in [7, 11) is 1.82. The molecule has 0 bridgehead atoms. The normalized spacial score (nSPS) is 11.1. The third-order valence-electron chi connectivity index (χ3n) is 2.95. The van der Waals surface area contributed by atoms with Crippen LogP contribution in [-0.4, -0.2) is 9.78 Å². The molecule has 19 heavy (non-hydrogen) atoms. The Morgan fingerprint density at radius 3 is 2.58 bits per heavy atom. The van der Waals surface area contributed by atoms with Crippen LogP contribution >= 0.6 is 11.6 Å². The zero-order valence-corrected chi connectivity index (χ0v) is 12.3. The number of aryl methyl sites for hydroxylation is 2. The van der Waals surface area contributed by atoms with Crippen molar-refractivity contribution in [3.8, 4) is 11.6 Å². The van der Waals surface area contributed by atoms with Crippen molar-refractivity contribution in [1.82, 2.24) is 9.78 Å². The molecule has 1 aromatic heterocycles. The second kappa shape index (κ2) is 5.13. The summed E-state index contributed by atoms with van der Waals surface area (Å²) in [4.78, 5) is 0. The maximum atomic E-state index is 6.10. The lowest BCUT2D eigenvalue weighted by Gasteiger charge is -2.09. The van der Waals surface area contributed by atoms with Crippen LogP contribution in [0, 0.1) is 6.92 Å². The van der Waals surface area contributed by atoms with E-state index in [4.69, 9.17) is 22.1 Å². The van der Waals surface area contributed by atoms with Gasteiger partial charge >= 0.3 is 0 Å². The molecule has 2 rings (SSSR count). The SMILES string of the molecule is Cc1cc(Cl)ccc1Oc1c(N)c(C(C)C)nn1C. The number of anilines is 1. The van der Waals surface area contributed by atoms with E-state index in [1.807, 2.05) is 26.1 Å². The maximum absolute atomic E-state index is 6.10. The molecule has 0 saturated heterocycles. The molecule has 1 aromatic carbocycles. The number of rotatable bonds is 3. The first kappa shape index (κ1) is 13.7. The van der Waals surface area contributed by atoms with E-state index in [9.17, 15) is 0 Å². The number of nitrogens with two attached hydrogens (primary N) is 1. The first-order valence-electron chi connectivity index (χ1n) is 6.16. The number of hydrogen-bond acceptors (Lipinski definition) is 3. The number of ether oxygens (including phenoxy) is 1. The topological polar surface area (TPSA) is 53.1 Å². The van der Waals surface area contributed by atoms with E-state index in [1.165, 1.54) is 0 Å². The molecule has 0 fully saturated rings. The van der Waals surface area contributed by atoms with Gasteiger partial charge in [-0.2, -0.15) is 5.10 Å². The van der Waals surface area contributed by atoms with Crippen LogP contribution in [0.25, 0.3) is 0 Å². The van der Waals surface area contributed by atoms with Crippen molar-refractivity contribution in [2.24, 2.45) is 7.05 Å². The molecule has 4 nitrogen and oxygen atoms in total. The number of aromatic nitrogens is 2. The molecular formula is C14H18ClN3O. The Morgan fingerprint density at radius 1 is 1.37 bits per heavy atom. The summed E-state index contributed by atoms with van der Waals surface area (Å²) >= 11 is 5.93. The van der Waals surface area contributed by atoms with Gasteiger partial charge in [0.2, 0.25) is 5.88 Å². The van der Waals surface area contributed by atoms with Gasteiger partial charge < -0.3 is 10.5 Å². The van der Waals surface area contributed by atoms with Crippen LogP contribution < -0.4 is 10.5 Å². The molecule has 102 valence electrons. The summed E-state index contributed by atoms with van der Waals surface area (Å²) in [6.45, 7) is 6.04. The molecule has 0 unspecified atom stereocenters. The molecule has 5 heteroatoms. The lowest BCUT2D eigenvalue weighted by Crippen LogP contribution is -1.98. The standard InChI is InChI=1S/C14H18ClN3O/c1-8(2)13-12(16)14(18(4)17-13)19-11-6-5-10(15)7-9(11)3/h5-8H,16H2,1-4H3. The molecule has 0 saturated carbocycles. The second-order valence-electron chi connectivity index (χ2n) is 4.89. The number of halogens is 1. The van der Waals surface area contributed by atoms with E-state index in [1.54, 1.807) is 10.7 Å². The minimum atomic E-state index is 0.259. The monoisotopic (exact) mass is 279 g/mol. The Morgan fingerprint density at radius 2 is 2.05 bits per heavy atom. The fourth-order valence-electron chi connectivity index (χ4n) is 1.92. The van der Waals surface area contributed by atoms with Gasteiger partial charge in [0.05, 0.1) is 5.69 Å². The highest BCUT2D eigenvalue weighted by Crippen LogP contribution is 2.34. The van der Waals surface area contributed by atoms with E-state index in [0.717, 1.165) is 17.0 Å². The van der Waals surface area contributed by atoms with Gasteiger partial charge in [-0.3, -0.25) is 0 Å². The van der Waals surface area contributed by atoms with Crippen LogP contribution in [-0.2, 0) is 7.05 Å². The molecule has 2 N–H and O–H groups in total. The smallest absolute Gasteiger partial charge is 0.241 e. The number of nitrogen functional groups attached to an aromatic ring is 1. The molecule has 2 aromatic rings. The van der Waals surface area contributed by atoms with Crippen molar-refractivity contribution >= 4 is 17.3 Å². The first-order valence-corrected chi connectivity index (χ1v) is 6.54. The highest BCUT2D eigenvalue weighted by molar-refractivity contribution is 6.30. The van der Waals surface area contributed by atoms with Crippen LogP contribution in [0.4, 0.5) is 5.69 Å². The largest absolute Gasteiger partial charge is 0.437 e. The van der Waals surface area contributed by atoms with Crippen molar-refractivity contribution in [1.29, 1.82) is 0 Å². The minimum Gasteiger partial charge on any atom is -0.437 e. The van der Waals surface area contributed by atoms with Crippen LogP contribution in [0.3, 0.4) is 0 Å². The van der Waals surface area contributed by atoms with Crippen LogP contribution in [0.1, 0.15) is 31.0 Å². The fraction of sp³-hybridized carbons (Fsp3) is 0.357. The van der Waals surface area contributed by atoms with Crippen molar-refractivity contribution in [3.63, 3.8) is 0 Å². The second-order valence-corrected chi connectivity index (χ2v) is 5.33. The van der Waals surface area contributed by atoms with Gasteiger partial charge in [0.15, 0.2) is 0 Å². The third kappa shape index (κ3) is 2.68. The summed E-state index contributed by atoms with van der Waals surface area (Å²) in [6.07, 6.45) is 0. The van der Waals surface area contributed by atoms with Crippen molar-refractivity contribution in [2.75, 3.05) is 5.73 Å². The van der Waals surface area contributed by atoms with E-state index in [2.05, 4.69) is 18.9 Å². The number of hydrogen-bond donors (Lipinski definition) is 1. The Balaban J connectivity index is 2.38. The molecule has 0 radical (unpaired) electrons. The molecule has 0 aliphatic carbocycles. The average Bonchev–Trinajstić information content (AvgIpc) is 2.60. The van der Waals surface area contributed by atoms with Crippen LogP contribution in [0.5, 0.6) is 11.6 Å². The summed E-state index contributed by atoms with van der Waals surface area (Å²) in [5, 5.41) is 5.08. The predicted molar refractivity (Wildman–Crippen MR) is 78.0 cm³/mol. The van der Waals surface area contributed by atoms with Gasteiger partial charge in [0, 0.05) is 12.1 Å². The van der Waals surface area contributed by atoms with Crippen LogP contribution in [0.2, 0.25) is 5.02 Å². The molecule has 1 heterocycles. The molecule has 0 atom stereocenters. The van der Waals surface area contributed by atoms with Gasteiger partial charge in [0.25, 0.3) is 0 Å². The maximum Gasteiger partial charge on any atom is 0.241 e. The van der Waals surface area contributed by atoms with Gasteiger partial charge in [-0.25, -0.2) is 4.68 Å². The summed E-state index contributed by atoms with van der Waals surface area (Å²) < 4.78 is 7.54. The van der Waals surface area contributed by atoms with Crippen molar-refractivity contribution in [2.45, 2.75) is 26.7 Å². The Hall–Kier alpha value is -1.68. The Bertz CT molecular complexity index is 605. The van der Waals surface area contributed by atoms with Gasteiger partial charge in [-0.05, 0) is 36.6 Å². The number of nitrogens with zero attached hydrogens (tertiary/aromatic N) is 2. The lowest BCUT2D eigenvalue weighted by atomic mass is 10.1. The molecule has 0 spiro atoms. The third-order valence-corrected chi connectivity index (χ3v) is 3.18. The Labute approximate surface area is 118 Å². The lowest BCUT2D eigenvalue weighted by molar-refractivity contribution is 0.429. The number of benzene rings is 1. The highest BCUT2D eigenvalue weighted by atomic mass is 35.5. The Kier molecular flexibility index (Phi) is 3.71. The zero-order valence-electron chi connectivity index (χ0n) is 11.6.